The highest BCUT2D eigenvalue weighted by Gasteiger charge is 2.24. The standard InChI is InChI=1S/C15H29N3O.2ClH/c1-16-8-4-5-15(19)18-11-6-14(7-12-18)13-17-9-2-3-10-17;;/h14,16H,2-13H2,1H3;2*1H. The molecule has 0 saturated carbocycles. The van der Waals surface area contributed by atoms with Crippen LogP contribution in [0.25, 0.3) is 0 Å². The van der Waals surface area contributed by atoms with Gasteiger partial charge in [0, 0.05) is 26.1 Å². The number of hydrogen-bond acceptors (Lipinski definition) is 3. The lowest BCUT2D eigenvalue weighted by molar-refractivity contribution is -0.132. The Hall–Kier alpha value is -0.0300. The van der Waals surface area contributed by atoms with Gasteiger partial charge in [-0.25, -0.2) is 0 Å². The van der Waals surface area contributed by atoms with Gasteiger partial charge in [-0.05, 0) is 64.7 Å². The summed E-state index contributed by atoms with van der Waals surface area (Å²) in [6, 6.07) is 0. The Labute approximate surface area is 141 Å². The number of piperidine rings is 1. The molecule has 0 spiro atoms. The van der Waals surface area contributed by atoms with Crippen LogP contribution < -0.4 is 5.32 Å². The highest BCUT2D eigenvalue weighted by atomic mass is 35.5. The minimum absolute atomic E-state index is 0. The van der Waals surface area contributed by atoms with Gasteiger partial charge in [0.1, 0.15) is 0 Å². The van der Waals surface area contributed by atoms with E-state index in [4.69, 9.17) is 0 Å². The van der Waals surface area contributed by atoms with Crippen LogP contribution in [0.15, 0.2) is 0 Å². The molecular formula is C15H31Cl2N3O. The molecular weight excluding hydrogens is 309 g/mol. The molecule has 21 heavy (non-hydrogen) atoms. The molecule has 0 aromatic rings. The predicted octanol–water partition coefficient (Wildman–Crippen LogP) is 2.16. The van der Waals surface area contributed by atoms with Gasteiger partial charge >= 0.3 is 0 Å². The quantitative estimate of drug-likeness (QED) is 0.753. The average Bonchev–Trinajstić information content (AvgIpc) is 2.93. The van der Waals surface area contributed by atoms with Gasteiger partial charge in [-0.3, -0.25) is 4.79 Å². The van der Waals surface area contributed by atoms with Crippen molar-refractivity contribution in [2.75, 3.05) is 46.3 Å². The number of halogens is 2. The fraction of sp³-hybridized carbons (Fsp3) is 0.933. The minimum atomic E-state index is 0. The van der Waals surface area contributed by atoms with Crippen LogP contribution in [-0.2, 0) is 4.79 Å². The van der Waals surface area contributed by atoms with E-state index in [1.165, 1.54) is 45.3 Å². The Morgan fingerprint density at radius 2 is 1.71 bits per heavy atom. The second-order valence-electron chi connectivity index (χ2n) is 6.04. The molecule has 1 amide bonds. The van der Waals surface area contributed by atoms with E-state index in [2.05, 4.69) is 15.1 Å². The van der Waals surface area contributed by atoms with E-state index >= 15 is 0 Å². The van der Waals surface area contributed by atoms with Crippen LogP contribution in [-0.4, -0.2) is 62.0 Å². The van der Waals surface area contributed by atoms with Crippen molar-refractivity contribution in [3.05, 3.63) is 0 Å². The van der Waals surface area contributed by atoms with E-state index in [9.17, 15) is 4.79 Å². The number of nitrogens with zero attached hydrogens (tertiary/aromatic N) is 2. The normalized spacial score (nSPS) is 20.0. The molecule has 4 nitrogen and oxygen atoms in total. The highest BCUT2D eigenvalue weighted by molar-refractivity contribution is 5.85. The lowest BCUT2D eigenvalue weighted by Gasteiger charge is -2.34. The topological polar surface area (TPSA) is 35.6 Å². The molecule has 0 aromatic carbocycles. The van der Waals surface area contributed by atoms with Crippen molar-refractivity contribution in [1.29, 1.82) is 0 Å². The molecule has 1 N–H and O–H groups in total. The highest BCUT2D eigenvalue weighted by Crippen LogP contribution is 2.21. The van der Waals surface area contributed by atoms with E-state index in [1.54, 1.807) is 0 Å². The first kappa shape index (κ1) is 21.0. The zero-order chi connectivity index (χ0) is 13.5. The van der Waals surface area contributed by atoms with Gasteiger partial charge in [0.05, 0.1) is 0 Å². The van der Waals surface area contributed by atoms with Crippen molar-refractivity contribution in [3.8, 4) is 0 Å². The maximum atomic E-state index is 12.0. The van der Waals surface area contributed by atoms with Crippen LogP contribution in [0.2, 0.25) is 0 Å². The van der Waals surface area contributed by atoms with Crippen molar-refractivity contribution >= 4 is 30.7 Å². The third kappa shape index (κ3) is 7.18. The van der Waals surface area contributed by atoms with E-state index in [0.29, 0.717) is 12.3 Å². The molecule has 2 fully saturated rings. The fourth-order valence-corrected chi connectivity index (χ4v) is 3.27. The second kappa shape index (κ2) is 11.5. The molecule has 2 rings (SSSR count). The van der Waals surface area contributed by atoms with E-state index < -0.39 is 0 Å². The van der Waals surface area contributed by atoms with Gasteiger partial charge in [-0.1, -0.05) is 0 Å². The number of rotatable bonds is 6. The van der Waals surface area contributed by atoms with Crippen molar-refractivity contribution in [3.63, 3.8) is 0 Å². The third-order valence-corrected chi connectivity index (χ3v) is 4.50. The molecule has 0 unspecified atom stereocenters. The van der Waals surface area contributed by atoms with Gasteiger partial charge in [-0.15, -0.1) is 24.8 Å². The van der Waals surface area contributed by atoms with Crippen molar-refractivity contribution in [2.45, 2.75) is 38.5 Å². The molecule has 0 atom stereocenters. The van der Waals surface area contributed by atoms with Crippen LogP contribution >= 0.6 is 24.8 Å². The van der Waals surface area contributed by atoms with Crippen molar-refractivity contribution < 1.29 is 4.79 Å². The SMILES string of the molecule is CNCCCC(=O)N1CCC(CN2CCCC2)CC1.Cl.Cl. The summed E-state index contributed by atoms with van der Waals surface area (Å²) in [7, 11) is 1.94. The summed E-state index contributed by atoms with van der Waals surface area (Å²) in [4.78, 5) is 16.7. The number of nitrogens with one attached hydrogen (secondary N) is 1. The second-order valence-corrected chi connectivity index (χ2v) is 6.04. The van der Waals surface area contributed by atoms with Crippen LogP contribution in [0, 0.1) is 5.92 Å². The fourth-order valence-electron chi connectivity index (χ4n) is 3.27. The molecule has 2 saturated heterocycles. The van der Waals surface area contributed by atoms with Crippen LogP contribution in [0.1, 0.15) is 38.5 Å². The predicted molar refractivity (Wildman–Crippen MR) is 92.6 cm³/mol. The molecule has 0 aliphatic carbocycles. The maximum absolute atomic E-state index is 12.0. The van der Waals surface area contributed by atoms with Crippen LogP contribution in [0.3, 0.4) is 0 Å². The first-order valence-electron chi connectivity index (χ1n) is 7.94. The monoisotopic (exact) mass is 339 g/mol. The van der Waals surface area contributed by atoms with Crippen molar-refractivity contribution in [2.24, 2.45) is 5.92 Å². The third-order valence-electron chi connectivity index (χ3n) is 4.50. The Kier molecular flexibility index (Phi) is 11.5. The Bertz CT molecular complexity index is 278. The minimum Gasteiger partial charge on any atom is -0.343 e. The van der Waals surface area contributed by atoms with Crippen LogP contribution in [0.5, 0.6) is 0 Å². The number of carbonyl (C=O) groups excluding carboxylic acids is 1. The van der Waals surface area contributed by atoms with Crippen LogP contribution in [0.4, 0.5) is 0 Å². The molecule has 2 heterocycles. The van der Waals surface area contributed by atoms with E-state index in [0.717, 1.165) is 32.0 Å². The number of likely N-dealkylation sites (tertiary alicyclic amines) is 2. The lowest BCUT2D eigenvalue weighted by Crippen LogP contribution is -2.41. The number of carbonyl (C=O) groups is 1. The number of amides is 1. The summed E-state index contributed by atoms with van der Waals surface area (Å²) in [5.41, 5.74) is 0. The molecule has 2 aliphatic heterocycles. The average molecular weight is 340 g/mol. The molecule has 6 heteroatoms. The summed E-state index contributed by atoms with van der Waals surface area (Å²) < 4.78 is 0. The van der Waals surface area contributed by atoms with E-state index in [-0.39, 0.29) is 24.8 Å². The van der Waals surface area contributed by atoms with Gasteiger partial charge in [0.25, 0.3) is 0 Å². The van der Waals surface area contributed by atoms with Gasteiger partial charge in [0.2, 0.25) is 5.91 Å². The Balaban J connectivity index is 0.00000200. The first-order valence-corrected chi connectivity index (χ1v) is 7.94. The summed E-state index contributed by atoms with van der Waals surface area (Å²) in [5.74, 6) is 1.18. The van der Waals surface area contributed by atoms with Crippen molar-refractivity contribution in [1.82, 2.24) is 15.1 Å². The first-order chi connectivity index (χ1) is 9.29. The molecule has 2 aliphatic rings. The summed E-state index contributed by atoms with van der Waals surface area (Å²) in [5, 5.41) is 3.10. The zero-order valence-corrected chi connectivity index (χ0v) is 14.8. The largest absolute Gasteiger partial charge is 0.343 e. The zero-order valence-electron chi connectivity index (χ0n) is 13.2. The number of hydrogen-bond donors (Lipinski definition) is 1. The van der Waals surface area contributed by atoms with Gasteiger partial charge < -0.3 is 15.1 Å². The molecule has 0 bridgehead atoms. The van der Waals surface area contributed by atoms with Gasteiger partial charge in [-0.2, -0.15) is 0 Å². The molecule has 126 valence electrons. The molecule has 0 radical (unpaired) electrons. The lowest BCUT2D eigenvalue weighted by atomic mass is 9.96. The van der Waals surface area contributed by atoms with E-state index in [1.807, 2.05) is 7.05 Å². The molecule has 0 aromatic heterocycles. The summed E-state index contributed by atoms with van der Waals surface area (Å²) in [6.45, 7) is 6.76. The summed E-state index contributed by atoms with van der Waals surface area (Å²) >= 11 is 0. The summed E-state index contributed by atoms with van der Waals surface area (Å²) in [6.07, 6.45) is 6.83. The Morgan fingerprint density at radius 3 is 2.29 bits per heavy atom. The Morgan fingerprint density at radius 1 is 1.10 bits per heavy atom. The smallest absolute Gasteiger partial charge is 0.222 e. The maximum Gasteiger partial charge on any atom is 0.222 e. The van der Waals surface area contributed by atoms with Gasteiger partial charge in [0.15, 0.2) is 0 Å².